The molecule has 24 heavy (non-hydrogen) atoms. The smallest absolute Gasteiger partial charge is 0.254 e. The Morgan fingerprint density at radius 2 is 1.79 bits per heavy atom. The Labute approximate surface area is 154 Å². The Morgan fingerprint density at radius 1 is 1.12 bits per heavy atom. The van der Waals surface area contributed by atoms with E-state index in [1.165, 1.54) is 0 Å². The summed E-state index contributed by atoms with van der Waals surface area (Å²) in [6.45, 7) is 2.64. The molecule has 0 N–H and O–H groups in total. The molecule has 0 spiro atoms. The van der Waals surface area contributed by atoms with Crippen LogP contribution in [0.15, 0.2) is 53.0 Å². The number of halogens is 2. The average Bonchev–Trinajstić information content (AvgIpc) is 2.58. The van der Waals surface area contributed by atoms with Crippen LogP contribution in [0.4, 0.5) is 5.69 Å². The molecule has 0 saturated carbocycles. The van der Waals surface area contributed by atoms with E-state index in [-0.39, 0.29) is 11.8 Å². The van der Waals surface area contributed by atoms with E-state index in [0.29, 0.717) is 29.4 Å². The number of anilines is 1. The van der Waals surface area contributed by atoms with Crippen molar-refractivity contribution >= 4 is 45.0 Å². The molecular formula is C18H16BrClN2O2. The molecule has 1 heterocycles. The van der Waals surface area contributed by atoms with Crippen LogP contribution in [-0.2, 0) is 4.79 Å². The van der Waals surface area contributed by atoms with Gasteiger partial charge in [-0.05, 0) is 43.3 Å². The molecule has 1 aliphatic rings. The summed E-state index contributed by atoms with van der Waals surface area (Å²) in [6, 6.07) is 13.9. The molecule has 2 aromatic rings. The molecule has 6 heteroatoms. The number of benzene rings is 2. The van der Waals surface area contributed by atoms with Crippen LogP contribution in [0.5, 0.6) is 0 Å². The van der Waals surface area contributed by atoms with Gasteiger partial charge in [0.05, 0.1) is 10.7 Å². The molecule has 3 rings (SSSR count). The first-order valence-corrected chi connectivity index (χ1v) is 8.78. The Morgan fingerprint density at radius 3 is 2.46 bits per heavy atom. The summed E-state index contributed by atoms with van der Waals surface area (Å²) in [5, 5.41) is 0.533. The summed E-state index contributed by atoms with van der Waals surface area (Å²) < 4.78 is 0.909. The molecule has 2 aromatic carbocycles. The van der Waals surface area contributed by atoms with E-state index in [0.717, 1.165) is 4.47 Å². The number of hydrogen-bond donors (Lipinski definition) is 0. The second kappa shape index (κ2) is 6.95. The molecule has 0 aliphatic carbocycles. The topological polar surface area (TPSA) is 40.6 Å². The fourth-order valence-corrected chi connectivity index (χ4v) is 3.32. The molecule has 1 fully saturated rings. The minimum Gasteiger partial charge on any atom is -0.325 e. The second-order valence-corrected chi connectivity index (χ2v) is 6.95. The maximum absolute atomic E-state index is 12.7. The van der Waals surface area contributed by atoms with Gasteiger partial charge in [0.25, 0.3) is 5.91 Å². The van der Waals surface area contributed by atoms with E-state index in [2.05, 4.69) is 15.9 Å². The van der Waals surface area contributed by atoms with Crippen molar-refractivity contribution in [1.82, 2.24) is 4.90 Å². The zero-order valence-electron chi connectivity index (χ0n) is 13.1. The van der Waals surface area contributed by atoms with Gasteiger partial charge >= 0.3 is 0 Å². The van der Waals surface area contributed by atoms with E-state index >= 15 is 0 Å². The Hall–Kier alpha value is -1.85. The van der Waals surface area contributed by atoms with Crippen molar-refractivity contribution in [2.75, 3.05) is 18.0 Å². The van der Waals surface area contributed by atoms with Crippen LogP contribution in [0.3, 0.4) is 0 Å². The van der Waals surface area contributed by atoms with E-state index < -0.39 is 6.04 Å². The van der Waals surface area contributed by atoms with E-state index in [1.807, 2.05) is 30.3 Å². The van der Waals surface area contributed by atoms with Crippen molar-refractivity contribution in [3.8, 4) is 0 Å². The molecule has 2 amide bonds. The maximum atomic E-state index is 12.7. The number of hydrogen-bond acceptors (Lipinski definition) is 2. The molecule has 0 unspecified atom stereocenters. The zero-order chi connectivity index (χ0) is 17.3. The highest BCUT2D eigenvalue weighted by atomic mass is 79.9. The molecule has 124 valence electrons. The van der Waals surface area contributed by atoms with Crippen molar-refractivity contribution in [3.05, 3.63) is 63.6 Å². The minimum absolute atomic E-state index is 0.125. The molecular weight excluding hydrogens is 392 g/mol. The quantitative estimate of drug-likeness (QED) is 0.755. The highest BCUT2D eigenvalue weighted by Gasteiger charge is 2.35. The molecule has 4 nitrogen and oxygen atoms in total. The van der Waals surface area contributed by atoms with E-state index in [9.17, 15) is 9.59 Å². The number of piperazine rings is 1. The van der Waals surface area contributed by atoms with Gasteiger partial charge in [-0.25, -0.2) is 0 Å². The third-order valence-corrected chi connectivity index (χ3v) is 5.00. The first kappa shape index (κ1) is 17.0. The van der Waals surface area contributed by atoms with Crippen molar-refractivity contribution < 1.29 is 9.59 Å². The van der Waals surface area contributed by atoms with Crippen LogP contribution in [-0.4, -0.2) is 35.8 Å². The predicted molar refractivity (Wildman–Crippen MR) is 98.4 cm³/mol. The molecule has 0 bridgehead atoms. The minimum atomic E-state index is -0.536. The number of nitrogens with zero attached hydrogens (tertiary/aromatic N) is 2. The first-order chi connectivity index (χ1) is 11.5. The third kappa shape index (κ3) is 3.19. The van der Waals surface area contributed by atoms with Crippen LogP contribution >= 0.6 is 27.5 Å². The Bertz CT molecular complexity index is 779. The van der Waals surface area contributed by atoms with Crippen LogP contribution in [0.1, 0.15) is 17.3 Å². The number of carbonyl (C=O) groups excluding carboxylic acids is 2. The van der Waals surface area contributed by atoms with Crippen LogP contribution in [0.25, 0.3) is 0 Å². The normalized spacial score (nSPS) is 18.0. The number of para-hydroxylation sites is 1. The Kier molecular flexibility index (Phi) is 4.92. The van der Waals surface area contributed by atoms with Crippen LogP contribution in [0, 0.1) is 0 Å². The van der Waals surface area contributed by atoms with Crippen LogP contribution < -0.4 is 4.90 Å². The summed E-state index contributed by atoms with van der Waals surface area (Å²) in [5.74, 6) is -0.262. The lowest BCUT2D eigenvalue weighted by molar-refractivity contribution is -0.124. The fraction of sp³-hybridized carbons (Fsp3) is 0.222. The molecule has 0 radical (unpaired) electrons. The Balaban J connectivity index is 1.81. The average molecular weight is 408 g/mol. The van der Waals surface area contributed by atoms with Gasteiger partial charge < -0.3 is 9.80 Å². The SMILES string of the molecule is C[C@@H]1C(=O)N(c2ccccc2Cl)CCN1C(=O)c1ccc(Br)cc1. The van der Waals surface area contributed by atoms with Crippen molar-refractivity contribution in [2.24, 2.45) is 0 Å². The predicted octanol–water partition coefficient (Wildman–Crippen LogP) is 3.98. The number of carbonyl (C=O) groups is 2. The monoisotopic (exact) mass is 406 g/mol. The summed E-state index contributed by atoms with van der Waals surface area (Å²) in [6.07, 6.45) is 0. The number of rotatable bonds is 2. The van der Waals surface area contributed by atoms with Crippen molar-refractivity contribution in [3.63, 3.8) is 0 Å². The summed E-state index contributed by atoms with van der Waals surface area (Å²) >= 11 is 9.56. The van der Waals surface area contributed by atoms with Gasteiger partial charge in [0.15, 0.2) is 0 Å². The standard InChI is InChI=1S/C18H16BrClN2O2/c1-12-17(23)22(16-5-3-2-4-15(16)20)11-10-21(12)18(24)13-6-8-14(19)9-7-13/h2-9,12H,10-11H2,1H3/t12-/m1/s1. The van der Waals surface area contributed by atoms with Crippen LogP contribution in [0.2, 0.25) is 5.02 Å². The van der Waals surface area contributed by atoms with Crippen molar-refractivity contribution in [1.29, 1.82) is 0 Å². The molecule has 0 aromatic heterocycles. The highest BCUT2D eigenvalue weighted by Crippen LogP contribution is 2.28. The lowest BCUT2D eigenvalue weighted by Gasteiger charge is -2.39. The largest absolute Gasteiger partial charge is 0.325 e. The van der Waals surface area contributed by atoms with Crippen molar-refractivity contribution in [2.45, 2.75) is 13.0 Å². The fourth-order valence-electron chi connectivity index (χ4n) is 2.82. The van der Waals surface area contributed by atoms with Gasteiger partial charge in [-0.15, -0.1) is 0 Å². The van der Waals surface area contributed by atoms with E-state index in [4.69, 9.17) is 11.6 Å². The van der Waals surface area contributed by atoms with Gasteiger partial charge in [0.2, 0.25) is 5.91 Å². The molecule has 1 saturated heterocycles. The van der Waals surface area contributed by atoms with Gasteiger partial charge in [-0.3, -0.25) is 9.59 Å². The second-order valence-electron chi connectivity index (χ2n) is 5.62. The van der Waals surface area contributed by atoms with E-state index in [1.54, 1.807) is 34.9 Å². The molecule has 1 aliphatic heterocycles. The maximum Gasteiger partial charge on any atom is 0.254 e. The lowest BCUT2D eigenvalue weighted by Crippen LogP contribution is -2.57. The van der Waals surface area contributed by atoms with Gasteiger partial charge in [-0.1, -0.05) is 39.7 Å². The first-order valence-electron chi connectivity index (χ1n) is 7.61. The summed E-state index contributed by atoms with van der Waals surface area (Å²) in [4.78, 5) is 28.7. The summed E-state index contributed by atoms with van der Waals surface area (Å²) in [5.41, 5.74) is 1.26. The number of amides is 2. The van der Waals surface area contributed by atoms with Gasteiger partial charge in [-0.2, -0.15) is 0 Å². The zero-order valence-corrected chi connectivity index (χ0v) is 15.4. The van der Waals surface area contributed by atoms with Gasteiger partial charge in [0, 0.05) is 23.1 Å². The van der Waals surface area contributed by atoms with Gasteiger partial charge in [0.1, 0.15) is 6.04 Å². The highest BCUT2D eigenvalue weighted by molar-refractivity contribution is 9.10. The molecule has 1 atom stereocenters. The summed E-state index contributed by atoms with van der Waals surface area (Å²) in [7, 11) is 0. The third-order valence-electron chi connectivity index (χ3n) is 4.15. The lowest BCUT2D eigenvalue weighted by atomic mass is 10.1.